The molecule has 5 rings (SSSR count). The van der Waals surface area contributed by atoms with Gasteiger partial charge in [0.1, 0.15) is 41.4 Å². The summed E-state index contributed by atoms with van der Waals surface area (Å²) in [6.07, 6.45) is 3.47. The highest BCUT2D eigenvalue weighted by atomic mass is 16.5. The van der Waals surface area contributed by atoms with Crippen molar-refractivity contribution in [3.63, 3.8) is 0 Å². The van der Waals surface area contributed by atoms with Crippen LogP contribution in [0.4, 0.5) is 11.4 Å². The molecule has 0 unspecified atom stereocenters. The van der Waals surface area contributed by atoms with Crippen molar-refractivity contribution in [2.45, 2.75) is 25.0 Å². The highest BCUT2D eigenvalue weighted by Gasteiger charge is 2.18. The predicted octanol–water partition coefficient (Wildman–Crippen LogP) is 2.46. The van der Waals surface area contributed by atoms with Crippen molar-refractivity contribution in [2.75, 3.05) is 36.8 Å². The average molecular weight is 489 g/mol. The number of benzene rings is 2. The number of carbonyl (C=O) groups is 2. The van der Waals surface area contributed by atoms with E-state index in [1.54, 1.807) is 24.3 Å². The molecule has 0 aliphatic carbocycles. The summed E-state index contributed by atoms with van der Waals surface area (Å²) < 4.78 is 11.8. The van der Waals surface area contributed by atoms with Crippen LogP contribution in [0.15, 0.2) is 60.9 Å². The van der Waals surface area contributed by atoms with Gasteiger partial charge in [-0.3, -0.25) is 9.59 Å². The molecule has 1 aromatic heterocycles. The minimum absolute atomic E-state index is 0.0847. The summed E-state index contributed by atoms with van der Waals surface area (Å²) in [6.45, 7) is 3.58. The molecule has 2 aliphatic rings. The van der Waals surface area contributed by atoms with Gasteiger partial charge in [-0.25, -0.2) is 9.97 Å². The molecule has 0 saturated carbocycles. The van der Waals surface area contributed by atoms with E-state index >= 15 is 0 Å². The summed E-state index contributed by atoms with van der Waals surface area (Å²) in [6, 6.07) is 15.7. The molecule has 2 amide bonds. The zero-order valence-electron chi connectivity index (χ0n) is 19.7. The van der Waals surface area contributed by atoms with Crippen LogP contribution in [-0.2, 0) is 0 Å². The molecule has 10 nitrogen and oxygen atoms in total. The van der Waals surface area contributed by atoms with E-state index in [0.29, 0.717) is 11.4 Å². The van der Waals surface area contributed by atoms with Crippen LogP contribution in [0, 0.1) is 0 Å². The van der Waals surface area contributed by atoms with Gasteiger partial charge < -0.3 is 30.7 Å². The van der Waals surface area contributed by atoms with Gasteiger partial charge in [-0.05, 0) is 74.5 Å². The lowest BCUT2D eigenvalue weighted by Crippen LogP contribution is -2.20. The quantitative estimate of drug-likeness (QED) is 0.381. The summed E-state index contributed by atoms with van der Waals surface area (Å²) in [4.78, 5) is 33.4. The molecule has 3 aromatic rings. The smallest absolute Gasteiger partial charge is 0.274 e. The van der Waals surface area contributed by atoms with E-state index in [4.69, 9.17) is 9.47 Å². The Balaban J connectivity index is 1.16. The lowest BCUT2D eigenvalue weighted by atomic mass is 10.2. The molecule has 0 spiro atoms. The fourth-order valence-corrected chi connectivity index (χ4v) is 4.07. The molecule has 0 radical (unpaired) electrons. The Hall–Kier alpha value is -4.02. The second-order valence-electron chi connectivity index (χ2n) is 8.71. The fraction of sp³-hybridized carbons (Fsp3) is 0.308. The molecule has 3 heterocycles. The first-order chi connectivity index (χ1) is 17.6. The maximum atomic E-state index is 12.7. The second kappa shape index (κ2) is 11.1. The molecular weight excluding hydrogens is 460 g/mol. The fourth-order valence-electron chi connectivity index (χ4n) is 4.07. The molecule has 2 aliphatic heterocycles. The van der Waals surface area contributed by atoms with Crippen LogP contribution < -0.4 is 30.7 Å². The molecular formula is C26H28N6O4. The Morgan fingerprint density at radius 1 is 0.722 bits per heavy atom. The molecule has 2 saturated heterocycles. The van der Waals surface area contributed by atoms with Crippen molar-refractivity contribution < 1.29 is 19.1 Å². The molecule has 36 heavy (non-hydrogen) atoms. The van der Waals surface area contributed by atoms with Gasteiger partial charge in [0.15, 0.2) is 0 Å². The van der Waals surface area contributed by atoms with Crippen molar-refractivity contribution in [2.24, 2.45) is 0 Å². The van der Waals surface area contributed by atoms with Gasteiger partial charge in [0.05, 0.1) is 0 Å². The van der Waals surface area contributed by atoms with Crippen LogP contribution in [0.1, 0.15) is 33.8 Å². The molecule has 186 valence electrons. The zero-order valence-corrected chi connectivity index (χ0v) is 19.7. The average Bonchev–Trinajstić information content (AvgIpc) is 3.61. The second-order valence-corrected chi connectivity index (χ2v) is 8.71. The number of hydrogen-bond donors (Lipinski definition) is 4. The van der Waals surface area contributed by atoms with Crippen LogP contribution in [0.25, 0.3) is 0 Å². The van der Waals surface area contributed by atoms with Gasteiger partial charge in [-0.2, -0.15) is 0 Å². The first kappa shape index (κ1) is 23.7. The van der Waals surface area contributed by atoms with Gasteiger partial charge >= 0.3 is 0 Å². The lowest BCUT2D eigenvalue weighted by Gasteiger charge is -2.13. The first-order valence-corrected chi connectivity index (χ1v) is 12.0. The summed E-state index contributed by atoms with van der Waals surface area (Å²) in [7, 11) is 0. The van der Waals surface area contributed by atoms with Crippen LogP contribution in [0.5, 0.6) is 11.5 Å². The maximum absolute atomic E-state index is 12.7. The third-order valence-electron chi connectivity index (χ3n) is 5.99. The summed E-state index contributed by atoms with van der Waals surface area (Å²) in [5, 5.41) is 12.1. The standard InChI is InChI=1S/C26H28N6O4/c33-25(31-17-1-5-19(6-2-17)35-21-9-11-27-14-21)23-13-24(30-16-29-23)26(34)32-18-3-7-20(8-4-18)36-22-10-12-28-15-22/h1-8,13,16,21-22,27-28H,9-12,14-15H2,(H,31,33)(H,32,34)/t21-,22-/m0/s1. The highest BCUT2D eigenvalue weighted by Crippen LogP contribution is 2.20. The number of anilines is 2. The van der Waals surface area contributed by atoms with Gasteiger partial charge in [0.25, 0.3) is 11.8 Å². The third-order valence-corrected chi connectivity index (χ3v) is 5.99. The zero-order chi connectivity index (χ0) is 24.7. The monoisotopic (exact) mass is 488 g/mol. The van der Waals surface area contributed by atoms with E-state index in [9.17, 15) is 9.59 Å². The topological polar surface area (TPSA) is 127 Å². The number of nitrogens with one attached hydrogen (secondary N) is 4. The molecule has 2 atom stereocenters. The highest BCUT2D eigenvalue weighted by molar-refractivity contribution is 6.06. The SMILES string of the molecule is O=C(Nc1ccc(O[C@H]2CCNC2)cc1)c1cc(C(=O)Nc2ccc(O[C@H]3CCNC3)cc2)ncn1. The van der Waals surface area contributed by atoms with Crippen molar-refractivity contribution in [1.29, 1.82) is 0 Å². The van der Waals surface area contributed by atoms with Crippen LogP contribution >= 0.6 is 0 Å². The molecule has 0 bridgehead atoms. The van der Waals surface area contributed by atoms with E-state index in [0.717, 1.165) is 50.5 Å². The van der Waals surface area contributed by atoms with E-state index in [1.165, 1.54) is 12.4 Å². The summed E-state index contributed by atoms with van der Waals surface area (Å²) in [5.41, 5.74) is 1.36. The van der Waals surface area contributed by atoms with Crippen LogP contribution in [-0.4, -0.2) is 60.2 Å². The maximum Gasteiger partial charge on any atom is 0.274 e. The Bertz CT molecular complexity index is 1100. The number of hydrogen-bond acceptors (Lipinski definition) is 8. The molecule has 2 aromatic carbocycles. The summed E-state index contributed by atoms with van der Waals surface area (Å²) >= 11 is 0. The largest absolute Gasteiger partial charge is 0.489 e. The van der Waals surface area contributed by atoms with Crippen molar-refractivity contribution >= 4 is 23.2 Å². The number of rotatable bonds is 8. The molecule has 10 heteroatoms. The Morgan fingerprint density at radius 3 is 1.56 bits per heavy atom. The number of ether oxygens (including phenoxy) is 2. The van der Waals surface area contributed by atoms with Crippen LogP contribution in [0.2, 0.25) is 0 Å². The van der Waals surface area contributed by atoms with Crippen molar-refractivity contribution in [3.8, 4) is 11.5 Å². The Kier molecular flexibility index (Phi) is 7.34. The minimum atomic E-state index is -0.442. The first-order valence-electron chi connectivity index (χ1n) is 12.0. The number of nitrogens with zero attached hydrogens (tertiary/aromatic N) is 2. The number of aromatic nitrogens is 2. The summed E-state index contributed by atoms with van der Waals surface area (Å²) in [5.74, 6) is 0.613. The number of amides is 2. The van der Waals surface area contributed by atoms with E-state index in [1.807, 2.05) is 24.3 Å². The van der Waals surface area contributed by atoms with Crippen molar-refractivity contribution in [3.05, 3.63) is 72.3 Å². The van der Waals surface area contributed by atoms with Gasteiger partial charge in [0, 0.05) is 30.5 Å². The number of carbonyl (C=O) groups excluding carboxylic acids is 2. The molecule has 4 N–H and O–H groups in total. The van der Waals surface area contributed by atoms with Gasteiger partial charge in [0.2, 0.25) is 0 Å². The van der Waals surface area contributed by atoms with Gasteiger partial charge in [-0.15, -0.1) is 0 Å². The Morgan fingerprint density at radius 2 is 1.17 bits per heavy atom. The van der Waals surface area contributed by atoms with Crippen molar-refractivity contribution in [1.82, 2.24) is 20.6 Å². The minimum Gasteiger partial charge on any atom is -0.489 e. The van der Waals surface area contributed by atoms with Gasteiger partial charge in [-0.1, -0.05) is 0 Å². The lowest BCUT2D eigenvalue weighted by molar-refractivity contribution is 0.102. The predicted molar refractivity (Wildman–Crippen MR) is 135 cm³/mol. The third kappa shape index (κ3) is 6.15. The van der Waals surface area contributed by atoms with E-state index in [-0.39, 0.29) is 23.6 Å². The molecule has 2 fully saturated rings. The Labute approximate surface area is 208 Å². The van der Waals surface area contributed by atoms with E-state index in [2.05, 4.69) is 31.2 Å². The normalized spacial score (nSPS) is 19.0. The van der Waals surface area contributed by atoms with Crippen LogP contribution in [0.3, 0.4) is 0 Å². The van der Waals surface area contributed by atoms with E-state index < -0.39 is 11.8 Å².